The number of sulfone groups is 1. The van der Waals surface area contributed by atoms with Crippen LogP contribution in [0.1, 0.15) is 17.2 Å². The van der Waals surface area contributed by atoms with E-state index in [0.717, 1.165) is 0 Å². The smallest absolute Gasteiger partial charge is 0.159 e. The zero-order valence-electron chi connectivity index (χ0n) is 9.00. The number of Topliss-reactive ketones (excluding diaryl/α,β-unsaturated/α-hetero) is 1. The van der Waals surface area contributed by atoms with Crippen LogP contribution in [0, 0.1) is 17.2 Å². The van der Waals surface area contributed by atoms with E-state index < -0.39 is 21.7 Å². The van der Waals surface area contributed by atoms with Gasteiger partial charge in [0.25, 0.3) is 0 Å². The molecule has 1 saturated heterocycles. The van der Waals surface area contributed by atoms with Crippen LogP contribution in [0.4, 0.5) is 0 Å². The molecule has 0 spiro atoms. The van der Waals surface area contributed by atoms with Gasteiger partial charge in [-0.3, -0.25) is 4.79 Å². The SMILES string of the molecule is N#CC(C(=O)C1CCS(=O)(=O)C1)c1cccs1. The number of nitrogens with zero attached hydrogens (tertiary/aromatic N) is 1. The van der Waals surface area contributed by atoms with Gasteiger partial charge in [0.1, 0.15) is 5.92 Å². The van der Waals surface area contributed by atoms with Crippen LogP contribution in [0.3, 0.4) is 0 Å². The Kier molecular flexibility index (Phi) is 3.31. The molecule has 0 saturated carbocycles. The summed E-state index contributed by atoms with van der Waals surface area (Å²) in [7, 11) is -3.08. The maximum atomic E-state index is 12.1. The lowest BCUT2D eigenvalue weighted by molar-refractivity contribution is -0.122. The first kappa shape index (κ1) is 12.3. The molecular weight excluding hydrogens is 258 g/mol. The maximum absolute atomic E-state index is 12.1. The van der Waals surface area contributed by atoms with E-state index in [0.29, 0.717) is 11.3 Å². The van der Waals surface area contributed by atoms with Crippen molar-refractivity contribution in [3.63, 3.8) is 0 Å². The molecule has 2 unspecified atom stereocenters. The fraction of sp³-hybridized carbons (Fsp3) is 0.455. The van der Waals surface area contributed by atoms with E-state index in [9.17, 15) is 13.2 Å². The molecule has 1 aromatic heterocycles. The number of nitriles is 1. The van der Waals surface area contributed by atoms with Gasteiger partial charge in [0.2, 0.25) is 0 Å². The third-order valence-corrected chi connectivity index (χ3v) is 5.58. The molecule has 2 atom stereocenters. The van der Waals surface area contributed by atoms with Crippen molar-refractivity contribution in [2.75, 3.05) is 11.5 Å². The van der Waals surface area contributed by atoms with Crippen LogP contribution < -0.4 is 0 Å². The first-order chi connectivity index (χ1) is 8.03. The van der Waals surface area contributed by atoms with E-state index >= 15 is 0 Å². The lowest BCUT2D eigenvalue weighted by atomic mass is 9.92. The minimum absolute atomic E-state index is 0.0615. The second-order valence-corrected chi connectivity index (χ2v) is 7.29. The molecule has 0 N–H and O–H groups in total. The van der Waals surface area contributed by atoms with Gasteiger partial charge in [0, 0.05) is 10.8 Å². The molecule has 2 heterocycles. The lowest BCUT2D eigenvalue weighted by Crippen LogP contribution is -2.21. The summed E-state index contributed by atoms with van der Waals surface area (Å²) in [6.07, 6.45) is 0.352. The van der Waals surface area contributed by atoms with Crippen molar-refractivity contribution in [3.05, 3.63) is 22.4 Å². The minimum Gasteiger partial charge on any atom is -0.297 e. The number of rotatable bonds is 3. The molecule has 17 heavy (non-hydrogen) atoms. The Labute approximate surface area is 104 Å². The van der Waals surface area contributed by atoms with Crippen molar-refractivity contribution in [3.8, 4) is 6.07 Å². The minimum atomic E-state index is -3.08. The number of carbonyl (C=O) groups is 1. The Morgan fingerprint density at radius 3 is 2.82 bits per heavy atom. The number of hydrogen-bond acceptors (Lipinski definition) is 5. The summed E-state index contributed by atoms with van der Waals surface area (Å²) < 4.78 is 22.6. The highest BCUT2D eigenvalue weighted by atomic mass is 32.2. The van der Waals surface area contributed by atoms with E-state index in [1.165, 1.54) is 11.3 Å². The summed E-state index contributed by atoms with van der Waals surface area (Å²) in [5, 5.41) is 10.8. The topological polar surface area (TPSA) is 75.0 Å². The van der Waals surface area contributed by atoms with Gasteiger partial charge in [0.05, 0.1) is 17.6 Å². The summed E-state index contributed by atoms with van der Waals surface area (Å²) in [4.78, 5) is 12.8. The van der Waals surface area contributed by atoms with Gasteiger partial charge < -0.3 is 0 Å². The van der Waals surface area contributed by atoms with Crippen LogP contribution in [0.5, 0.6) is 0 Å². The highest BCUT2D eigenvalue weighted by Gasteiger charge is 2.37. The first-order valence-electron chi connectivity index (χ1n) is 5.20. The Morgan fingerprint density at radius 1 is 1.59 bits per heavy atom. The predicted molar refractivity (Wildman–Crippen MR) is 64.4 cm³/mol. The molecule has 4 nitrogen and oxygen atoms in total. The Bertz CT molecular complexity index is 554. The normalized spacial score (nSPS) is 24.1. The predicted octanol–water partition coefficient (Wildman–Crippen LogP) is 1.36. The van der Waals surface area contributed by atoms with Crippen molar-refractivity contribution in [1.29, 1.82) is 5.26 Å². The molecule has 0 bridgehead atoms. The number of carbonyl (C=O) groups excluding carboxylic acids is 1. The molecule has 0 radical (unpaired) electrons. The average Bonchev–Trinajstić information content (AvgIpc) is 2.88. The Morgan fingerprint density at radius 2 is 2.35 bits per heavy atom. The van der Waals surface area contributed by atoms with Crippen molar-refractivity contribution < 1.29 is 13.2 Å². The van der Waals surface area contributed by atoms with Crippen LogP contribution in [-0.4, -0.2) is 25.7 Å². The fourth-order valence-electron chi connectivity index (χ4n) is 1.98. The molecule has 2 rings (SSSR count). The highest BCUT2D eigenvalue weighted by Crippen LogP contribution is 2.29. The third kappa shape index (κ3) is 2.56. The van der Waals surface area contributed by atoms with Crippen LogP contribution >= 0.6 is 11.3 Å². The summed E-state index contributed by atoms with van der Waals surface area (Å²) in [6.45, 7) is 0. The average molecular weight is 269 g/mol. The highest BCUT2D eigenvalue weighted by molar-refractivity contribution is 7.91. The lowest BCUT2D eigenvalue weighted by Gasteiger charge is -2.10. The molecular formula is C11H11NO3S2. The number of ketones is 1. The molecule has 6 heteroatoms. The quantitative estimate of drug-likeness (QED) is 0.830. The van der Waals surface area contributed by atoms with Gasteiger partial charge >= 0.3 is 0 Å². The number of hydrogen-bond donors (Lipinski definition) is 0. The third-order valence-electron chi connectivity index (χ3n) is 2.88. The zero-order chi connectivity index (χ0) is 12.5. The molecule has 0 aliphatic carbocycles. The summed E-state index contributed by atoms with van der Waals surface area (Å²) in [6, 6.07) is 5.49. The van der Waals surface area contributed by atoms with Gasteiger partial charge in [-0.2, -0.15) is 5.26 Å². The van der Waals surface area contributed by atoms with E-state index in [-0.39, 0.29) is 17.3 Å². The summed E-state index contributed by atoms with van der Waals surface area (Å²) in [5.41, 5.74) is 0. The standard InChI is InChI=1S/C11H11NO3S2/c12-6-9(10-2-1-4-16-10)11(13)8-3-5-17(14,15)7-8/h1-2,4,8-9H,3,5,7H2. The molecule has 1 aliphatic rings. The Balaban J connectivity index is 2.18. The largest absolute Gasteiger partial charge is 0.297 e. The van der Waals surface area contributed by atoms with E-state index in [1.54, 1.807) is 17.5 Å². The van der Waals surface area contributed by atoms with Gasteiger partial charge in [-0.15, -0.1) is 11.3 Å². The monoisotopic (exact) mass is 269 g/mol. The van der Waals surface area contributed by atoms with Crippen LogP contribution in [0.25, 0.3) is 0 Å². The summed E-state index contributed by atoms with van der Waals surface area (Å²) >= 11 is 1.35. The van der Waals surface area contributed by atoms with Gasteiger partial charge in [-0.05, 0) is 17.9 Å². The van der Waals surface area contributed by atoms with E-state index in [2.05, 4.69) is 0 Å². The maximum Gasteiger partial charge on any atom is 0.159 e. The second kappa shape index (κ2) is 4.59. The van der Waals surface area contributed by atoms with E-state index in [1.807, 2.05) is 6.07 Å². The van der Waals surface area contributed by atoms with Crippen molar-refractivity contribution in [1.82, 2.24) is 0 Å². The molecule has 90 valence electrons. The van der Waals surface area contributed by atoms with Crippen LogP contribution in [0.15, 0.2) is 17.5 Å². The summed E-state index contributed by atoms with van der Waals surface area (Å²) in [5.74, 6) is -1.61. The first-order valence-corrected chi connectivity index (χ1v) is 7.91. The zero-order valence-corrected chi connectivity index (χ0v) is 10.6. The van der Waals surface area contributed by atoms with Crippen LogP contribution in [0.2, 0.25) is 0 Å². The van der Waals surface area contributed by atoms with E-state index in [4.69, 9.17) is 5.26 Å². The molecule has 1 aliphatic heterocycles. The Hall–Kier alpha value is -1.19. The number of thiophene rings is 1. The van der Waals surface area contributed by atoms with Gasteiger partial charge in [-0.1, -0.05) is 6.07 Å². The van der Waals surface area contributed by atoms with Gasteiger partial charge in [-0.25, -0.2) is 8.42 Å². The second-order valence-electron chi connectivity index (χ2n) is 4.08. The van der Waals surface area contributed by atoms with Crippen molar-refractivity contribution >= 4 is 27.0 Å². The van der Waals surface area contributed by atoms with Gasteiger partial charge in [0.15, 0.2) is 15.6 Å². The molecule has 1 fully saturated rings. The van der Waals surface area contributed by atoms with Crippen LogP contribution in [-0.2, 0) is 14.6 Å². The fourth-order valence-corrected chi connectivity index (χ4v) is 4.51. The van der Waals surface area contributed by atoms with Crippen molar-refractivity contribution in [2.45, 2.75) is 12.3 Å². The molecule has 1 aromatic rings. The molecule has 0 amide bonds. The van der Waals surface area contributed by atoms with Crippen molar-refractivity contribution in [2.24, 2.45) is 5.92 Å². The molecule has 0 aromatic carbocycles.